The molecule has 31 heavy (non-hydrogen) atoms. The van der Waals surface area contributed by atoms with E-state index in [1.807, 2.05) is 0 Å². The topological polar surface area (TPSA) is 118 Å². The maximum atomic E-state index is 12.9. The molecule has 14 heteroatoms. The third-order valence-corrected chi connectivity index (χ3v) is 9.23. The van der Waals surface area contributed by atoms with Gasteiger partial charge in [0.1, 0.15) is 4.21 Å². The molecule has 1 aromatic carbocycles. The third kappa shape index (κ3) is 4.92. The number of nitrogens with zero attached hydrogens (tertiary/aromatic N) is 2. The first-order chi connectivity index (χ1) is 14.2. The number of thiophene rings is 1. The second-order valence-corrected chi connectivity index (χ2v) is 11.6. The number of alkyl halides is 3. The van der Waals surface area contributed by atoms with Gasteiger partial charge in [-0.15, -0.1) is 11.3 Å². The number of hydrogen-bond donors (Lipinski definition) is 1. The number of primary sulfonamides is 1. The summed E-state index contributed by atoms with van der Waals surface area (Å²) in [4.78, 5) is 13.8. The minimum Gasteiger partial charge on any atom is -0.335 e. The van der Waals surface area contributed by atoms with Crippen molar-refractivity contribution < 1.29 is 34.8 Å². The summed E-state index contributed by atoms with van der Waals surface area (Å²) >= 11 is 0.733. The highest BCUT2D eigenvalue weighted by Gasteiger charge is 2.35. The summed E-state index contributed by atoms with van der Waals surface area (Å²) in [7, 11) is -8.14. The van der Waals surface area contributed by atoms with Gasteiger partial charge in [-0.2, -0.15) is 17.5 Å². The molecule has 8 nitrogen and oxygen atoms in total. The quantitative estimate of drug-likeness (QED) is 0.692. The number of piperazine rings is 1. The molecule has 2 heterocycles. The Morgan fingerprint density at radius 3 is 2.19 bits per heavy atom. The highest BCUT2D eigenvalue weighted by Crippen LogP contribution is 2.31. The van der Waals surface area contributed by atoms with E-state index in [-0.39, 0.29) is 35.3 Å². The van der Waals surface area contributed by atoms with Gasteiger partial charge in [0.05, 0.1) is 15.3 Å². The molecule has 1 amide bonds. The van der Waals surface area contributed by atoms with Crippen molar-refractivity contribution in [1.29, 1.82) is 0 Å². The molecule has 0 atom stereocenters. The standard InChI is InChI=1S/C17H18F3N3O5S3/c1-11-9-14(30(21,25)26)29-15(11)16(24)22-5-7-23(8-6-22)31(27,28)13-4-2-3-12(10-13)17(18,19)20/h2-4,9-10H,5-8H2,1H3,(H2,21,25,26). The van der Waals surface area contributed by atoms with Crippen molar-refractivity contribution >= 4 is 37.3 Å². The van der Waals surface area contributed by atoms with Gasteiger partial charge < -0.3 is 4.90 Å². The summed E-state index contributed by atoms with van der Waals surface area (Å²) in [5, 5.41) is 5.09. The van der Waals surface area contributed by atoms with Crippen molar-refractivity contribution in [3.05, 3.63) is 46.3 Å². The Hall–Kier alpha value is -2.00. The molecule has 0 radical (unpaired) electrons. The van der Waals surface area contributed by atoms with Crippen LogP contribution in [0.3, 0.4) is 0 Å². The number of benzene rings is 1. The van der Waals surface area contributed by atoms with Crippen molar-refractivity contribution in [3.63, 3.8) is 0 Å². The van der Waals surface area contributed by atoms with Crippen LogP contribution >= 0.6 is 11.3 Å². The number of halogens is 3. The average molecular weight is 498 g/mol. The summed E-state index contributed by atoms with van der Waals surface area (Å²) in [6.07, 6.45) is -4.68. The Balaban J connectivity index is 1.75. The first-order valence-corrected chi connectivity index (χ1v) is 12.6. The van der Waals surface area contributed by atoms with Gasteiger partial charge in [-0.25, -0.2) is 22.0 Å². The van der Waals surface area contributed by atoms with Crippen molar-refractivity contribution in [3.8, 4) is 0 Å². The third-order valence-electron chi connectivity index (χ3n) is 4.69. The summed E-state index contributed by atoms with van der Waals surface area (Å²) in [5.74, 6) is -0.464. The first-order valence-electron chi connectivity index (χ1n) is 8.81. The van der Waals surface area contributed by atoms with E-state index in [0.717, 1.165) is 33.8 Å². The van der Waals surface area contributed by atoms with Crippen LogP contribution in [0.1, 0.15) is 20.8 Å². The number of carbonyl (C=O) groups is 1. The minimum absolute atomic E-state index is 0.000919. The molecule has 1 saturated heterocycles. The van der Waals surface area contributed by atoms with Crippen LogP contribution in [0.2, 0.25) is 0 Å². The van der Waals surface area contributed by atoms with Crippen LogP contribution in [-0.2, 0) is 26.2 Å². The number of sulfonamides is 2. The highest BCUT2D eigenvalue weighted by atomic mass is 32.2. The molecule has 0 aliphatic carbocycles. The molecule has 1 aliphatic rings. The monoisotopic (exact) mass is 497 g/mol. The van der Waals surface area contributed by atoms with Crippen LogP contribution in [0.15, 0.2) is 39.4 Å². The van der Waals surface area contributed by atoms with Crippen LogP contribution in [-0.4, -0.2) is 58.1 Å². The number of carbonyl (C=O) groups excluding carboxylic acids is 1. The lowest BCUT2D eigenvalue weighted by molar-refractivity contribution is -0.137. The first kappa shape index (κ1) is 23.7. The zero-order chi connectivity index (χ0) is 23.2. The second-order valence-electron chi connectivity index (χ2n) is 6.84. The molecule has 1 fully saturated rings. The van der Waals surface area contributed by atoms with Crippen molar-refractivity contribution in [2.24, 2.45) is 5.14 Å². The Morgan fingerprint density at radius 2 is 1.68 bits per heavy atom. The van der Waals surface area contributed by atoms with Gasteiger partial charge in [-0.1, -0.05) is 6.07 Å². The smallest absolute Gasteiger partial charge is 0.335 e. The van der Waals surface area contributed by atoms with E-state index in [1.54, 1.807) is 6.92 Å². The van der Waals surface area contributed by atoms with Crippen molar-refractivity contribution in [1.82, 2.24) is 9.21 Å². The fourth-order valence-corrected chi connectivity index (χ4v) is 6.46. The van der Waals surface area contributed by atoms with Gasteiger partial charge >= 0.3 is 6.18 Å². The molecule has 1 aliphatic heterocycles. The molecule has 2 N–H and O–H groups in total. The van der Waals surface area contributed by atoms with E-state index in [1.165, 1.54) is 11.0 Å². The number of amides is 1. The number of hydrogen-bond acceptors (Lipinski definition) is 6. The molecular weight excluding hydrogens is 479 g/mol. The molecule has 0 bridgehead atoms. The summed E-state index contributed by atoms with van der Waals surface area (Å²) in [6, 6.07) is 4.77. The maximum Gasteiger partial charge on any atom is 0.416 e. The van der Waals surface area contributed by atoms with E-state index in [0.29, 0.717) is 11.6 Å². The number of aryl methyl sites for hydroxylation is 1. The van der Waals surface area contributed by atoms with Crippen LogP contribution in [0, 0.1) is 6.92 Å². The lowest BCUT2D eigenvalue weighted by Crippen LogP contribution is -2.50. The Morgan fingerprint density at radius 1 is 1.06 bits per heavy atom. The van der Waals surface area contributed by atoms with Gasteiger partial charge in [0.15, 0.2) is 0 Å². The fourth-order valence-electron chi connectivity index (χ4n) is 3.06. The van der Waals surface area contributed by atoms with E-state index in [4.69, 9.17) is 5.14 Å². The van der Waals surface area contributed by atoms with Gasteiger partial charge in [-0.05, 0) is 36.8 Å². The largest absolute Gasteiger partial charge is 0.416 e. The van der Waals surface area contributed by atoms with Gasteiger partial charge in [0, 0.05) is 26.2 Å². The van der Waals surface area contributed by atoms with E-state index >= 15 is 0 Å². The minimum atomic E-state index is -4.68. The van der Waals surface area contributed by atoms with Crippen LogP contribution < -0.4 is 5.14 Å². The van der Waals surface area contributed by atoms with Gasteiger partial charge in [0.25, 0.3) is 5.91 Å². The predicted octanol–water partition coefficient (Wildman–Crippen LogP) is 1.87. The Bertz CT molecular complexity index is 1220. The molecular formula is C17H18F3N3O5S3. The van der Waals surface area contributed by atoms with E-state index < -0.39 is 42.6 Å². The van der Waals surface area contributed by atoms with E-state index in [2.05, 4.69) is 0 Å². The molecule has 0 saturated carbocycles. The van der Waals surface area contributed by atoms with Crippen LogP contribution in [0.5, 0.6) is 0 Å². The van der Waals surface area contributed by atoms with Crippen molar-refractivity contribution in [2.75, 3.05) is 26.2 Å². The fraction of sp³-hybridized carbons (Fsp3) is 0.353. The summed E-state index contributed by atoms with van der Waals surface area (Å²) in [6.45, 7) is 1.33. The average Bonchev–Trinajstić information content (AvgIpc) is 3.09. The summed E-state index contributed by atoms with van der Waals surface area (Å²) < 4.78 is 88.1. The second kappa shape index (κ2) is 8.16. The van der Waals surface area contributed by atoms with Crippen LogP contribution in [0.25, 0.3) is 0 Å². The molecule has 170 valence electrons. The molecule has 2 aromatic rings. The highest BCUT2D eigenvalue weighted by molar-refractivity contribution is 7.91. The number of nitrogens with two attached hydrogens (primary N) is 1. The molecule has 3 rings (SSSR count). The lowest BCUT2D eigenvalue weighted by Gasteiger charge is -2.34. The number of rotatable bonds is 4. The van der Waals surface area contributed by atoms with Crippen molar-refractivity contribution in [2.45, 2.75) is 22.2 Å². The molecule has 1 aromatic heterocycles. The lowest BCUT2D eigenvalue weighted by atomic mass is 10.2. The van der Waals surface area contributed by atoms with Gasteiger partial charge in [0.2, 0.25) is 20.0 Å². The predicted molar refractivity (Wildman–Crippen MR) is 107 cm³/mol. The Labute approximate surface area is 181 Å². The SMILES string of the molecule is Cc1cc(S(N)(=O)=O)sc1C(=O)N1CCN(S(=O)(=O)c2cccc(C(F)(F)F)c2)CC1. The zero-order valence-corrected chi connectivity index (χ0v) is 18.5. The van der Waals surface area contributed by atoms with Crippen LogP contribution in [0.4, 0.5) is 13.2 Å². The molecule has 0 unspecified atom stereocenters. The molecule has 0 spiro atoms. The van der Waals surface area contributed by atoms with Gasteiger partial charge in [-0.3, -0.25) is 4.79 Å². The van der Waals surface area contributed by atoms with E-state index in [9.17, 15) is 34.8 Å². The maximum absolute atomic E-state index is 12.9. The Kier molecular flexibility index (Phi) is 6.23. The normalized spacial score (nSPS) is 16.5. The zero-order valence-electron chi connectivity index (χ0n) is 16.1. The summed E-state index contributed by atoms with van der Waals surface area (Å²) in [5.41, 5.74) is -0.640.